The average Bonchev–Trinajstić information content (AvgIpc) is 2.51. The van der Waals surface area contributed by atoms with Gasteiger partial charge in [-0.05, 0) is 25.8 Å². The number of nitrogens with zero attached hydrogens (tertiary/aromatic N) is 1. The molecule has 23 heavy (non-hydrogen) atoms. The molecule has 0 amide bonds. The Bertz CT molecular complexity index is 489. The Hall–Kier alpha value is -1.24. The van der Waals surface area contributed by atoms with Crippen molar-refractivity contribution in [2.24, 2.45) is 10.9 Å². The van der Waals surface area contributed by atoms with Crippen LogP contribution >= 0.6 is 24.0 Å². The first-order valence-corrected chi connectivity index (χ1v) is 7.94. The molecule has 0 aromatic heterocycles. The van der Waals surface area contributed by atoms with E-state index < -0.39 is 0 Å². The third-order valence-electron chi connectivity index (χ3n) is 3.45. The number of halogens is 1. The summed E-state index contributed by atoms with van der Waals surface area (Å²) >= 11 is 0. The molecule has 0 fully saturated rings. The van der Waals surface area contributed by atoms with Gasteiger partial charge in [-0.3, -0.25) is 0 Å². The lowest BCUT2D eigenvalue weighted by Gasteiger charge is -2.20. The van der Waals surface area contributed by atoms with Gasteiger partial charge in [0.1, 0.15) is 12.4 Å². The second-order valence-corrected chi connectivity index (χ2v) is 5.58. The van der Waals surface area contributed by atoms with Crippen LogP contribution in [0.1, 0.15) is 33.3 Å². The molecule has 1 rings (SSSR count). The van der Waals surface area contributed by atoms with Crippen LogP contribution in [0, 0.1) is 5.92 Å². The van der Waals surface area contributed by atoms with Gasteiger partial charge in [-0.1, -0.05) is 44.7 Å². The Kier molecular flexibility index (Phi) is 11.6. The molecule has 0 saturated carbocycles. The van der Waals surface area contributed by atoms with E-state index in [1.54, 1.807) is 6.08 Å². The van der Waals surface area contributed by atoms with Crippen LogP contribution in [0.4, 0.5) is 0 Å². The number of aliphatic imine (C=N–C) groups is 1. The monoisotopic (exact) mass is 431 g/mol. The van der Waals surface area contributed by atoms with Crippen LogP contribution in [0.2, 0.25) is 0 Å². The molecule has 1 atom stereocenters. The molecular weight excluding hydrogens is 401 g/mol. The number of para-hydroxylation sites is 1. The van der Waals surface area contributed by atoms with Gasteiger partial charge in [0.15, 0.2) is 5.96 Å². The van der Waals surface area contributed by atoms with Gasteiger partial charge in [0.2, 0.25) is 0 Å². The second kappa shape index (κ2) is 12.2. The van der Waals surface area contributed by atoms with Gasteiger partial charge in [0, 0.05) is 18.2 Å². The zero-order chi connectivity index (χ0) is 16.4. The number of ether oxygens (including phenoxy) is 1. The molecule has 4 nitrogen and oxygen atoms in total. The van der Waals surface area contributed by atoms with Crippen molar-refractivity contribution in [1.82, 2.24) is 10.6 Å². The van der Waals surface area contributed by atoms with E-state index in [1.165, 1.54) is 0 Å². The van der Waals surface area contributed by atoms with E-state index in [9.17, 15) is 0 Å². The van der Waals surface area contributed by atoms with Crippen LogP contribution in [0.5, 0.6) is 5.75 Å². The van der Waals surface area contributed by atoms with Crippen LogP contribution in [-0.2, 0) is 6.54 Å². The van der Waals surface area contributed by atoms with Gasteiger partial charge in [-0.15, -0.1) is 24.0 Å². The Morgan fingerprint density at radius 2 is 2.00 bits per heavy atom. The van der Waals surface area contributed by atoms with E-state index in [-0.39, 0.29) is 24.0 Å². The zero-order valence-corrected chi connectivity index (χ0v) is 17.0. The van der Waals surface area contributed by atoms with Crippen LogP contribution in [0.3, 0.4) is 0 Å². The summed E-state index contributed by atoms with van der Waals surface area (Å²) in [5.41, 5.74) is 1.07. The van der Waals surface area contributed by atoms with Gasteiger partial charge < -0.3 is 15.4 Å². The highest BCUT2D eigenvalue weighted by Crippen LogP contribution is 2.18. The largest absolute Gasteiger partial charge is 0.489 e. The van der Waals surface area contributed by atoms with E-state index in [4.69, 9.17) is 4.74 Å². The minimum absolute atomic E-state index is 0. The predicted molar refractivity (Wildman–Crippen MR) is 110 cm³/mol. The van der Waals surface area contributed by atoms with Gasteiger partial charge in [0.25, 0.3) is 0 Å². The van der Waals surface area contributed by atoms with Crippen molar-refractivity contribution in [2.45, 2.75) is 40.3 Å². The fraction of sp³-hybridized carbons (Fsp3) is 0.500. The van der Waals surface area contributed by atoms with Crippen molar-refractivity contribution in [1.29, 1.82) is 0 Å². The molecule has 0 aliphatic carbocycles. The van der Waals surface area contributed by atoms with Crippen molar-refractivity contribution in [2.75, 3.05) is 13.2 Å². The van der Waals surface area contributed by atoms with Crippen molar-refractivity contribution in [3.8, 4) is 5.75 Å². The summed E-state index contributed by atoms with van der Waals surface area (Å²) in [4.78, 5) is 4.66. The lowest BCUT2D eigenvalue weighted by Crippen LogP contribution is -2.44. The van der Waals surface area contributed by atoms with Gasteiger partial charge in [-0.25, -0.2) is 4.99 Å². The number of nitrogens with one attached hydrogen (secondary N) is 2. The molecule has 0 bridgehead atoms. The van der Waals surface area contributed by atoms with Crippen LogP contribution in [0.25, 0.3) is 0 Å². The molecule has 0 heterocycles. The summed E-state index contributed by atoms with van der Waals surface area (Å²) in [5, 5.41) is 6.72. The Morgan fingerprint density at radius 1 is 1.30 bits per heavy atom. The van der Waals surface area contributed by atoms with Gasteiger partial charge in [0.05, 0.1) is 6.54 Å². The van der Waals surface area contributed by atoms with E-state index in [0.717, 1.165) is 23.8 Å². The third-order valence-corrected chi connectivity index (χ3v) is 3.45. The highest BCUT2D eigenvalue weighted by atomic mass is 127. The molecule has 1 unspecified atom stereocenters. The Morgan fingerprint density at radius 3 is 2.61 bits per heavy atom. The molecule has 0 aliphatic rings. The van der Waals surface area contributed by atoms with Crippen LogP contribution in [-0.4, -0.2) is 25.2 Å². The number of hydrogen-bond donors (Lipinski definition) is 2. The van der Waals surface area contributed by atoms with Gasteiger partial charge in [-0.2, -0.15) is 0 Å². The number of guanidine groups is 1. The van der Waals surface area contributed by atoms with E-state index in [2.05, 4.69) is 49.9 Å². The van der Waals surface area contributed by atoms with E-state index >= 15 is 0 Å². The molecule has 0 spiro atoms. The van der Waals surface area contributed by atoms with Crippen molar-refractivity contribution >= 4 is 29.9 Å². The molecule has 0 aliphatic heterocycles. The number of hydrogen-bond acceptors (Lipinski definition) is 2. The lowest BCUT2D eigenvalue weighted by molar-refractivity contribution is 0.359. The quantitative estimate of drug-likeness (QED) is 0.284. The van der Waals surface area contributed by atoms with Gasteiger partial charge >= 0.3 is 0 Å². The van der Waals surface area contributed by atoms with Crippen molar-refractivity contribution < 1.29 is 4.74 Å². The van der Waals surface area contributed by atoms with Crippen molar-refractivity contribution in [3.63, 3.8) is 0 Å². The molecule has 1 aromatic rings. The number of benzene rings is 1. The summed E-state index contributed by atoms with van der Waals surface area (Å²) in [6, 6.07) is 8.34. The van der Waals surface area contributed by atoms with Crippen LogP contribution in [0.15, 0.2) is 41.9 Å². The maximum absolute atomic E-state index is 5.67. The molecule has 5 heteroatoms. The summed E-state index contributed by atoms with van der Waals surface area (Å²) in [6.07, 6.45) is 1.75. The highest BCUT2D eigenvalue weighted by molar-refractivity contribution is 14.0. The molecule has 130 valence electrons. The highest BCUT2D eigenvalue weighted by Gasteiger charge is 2.09. The van der Waals surface area contributed by atoms with Crippen LogP contribution < -0.4 is 15.4 Å². The molecule has 0 saturated heterocycles. The topological polar surface area (TPSA) is 45.6 Å². The normalized spacial score (nSPS) is 12.3. The predicted octanol–water partition coefficient (Wildman–Crippen LogP) is 3.97. The summed E-state index contributed by atoms with van der Waals surface area (Å²) in [5.74, 6) is 2.24. The minimum Gasteiger partial charge on any atom is -0.489 e. The Labute approximate surface area is 157 Å². The van der Waals surface area contributed by atoms with E-state index in [0.29, 0.717) is 25.1 Å². The maximum atomic E-state index is 5.67. The molecular formula is C18H30IN3O. The SMILES string of the molecule is C=CCOc1ccccc1CN=C(NCC)NC(C)C(C)C.I. The van der Waals surface area contributed by atoms with E-state index in [1.807, 2.05) is 24.3 Å². The second-order valence-electron chi connectivity index (χ2n) is 5.58. The number of rotatable bonds is 8. The molecule has 2 N–H and O–H groups in total. The first-order valence-electron chi connectivity index (χ1n) is 7.94. The maximum Gasteiger partial charge on any atom is 0.191 e. The first kappa shape index (κ1) is 21.8. The summed E-state index contributed by atoms with van der Waals surface area (Å²) in [7, 11) is 0. The molecule has 1 aromatic carbocycles. The van der Waals surface area contributed by atoms with Crippen molar-refractivity contribution in [3.05, 3.63) is 42.5 Å². The fourth-order valence-electron chi connectivity index (χ4n) is 1.79. The Balaban J connectivity index is 0.00000484. The summed E-state index contributed by atoms with van der Waals surface area (Å²) < 4.78 is 5.67. The lowest BCUT2D eigenvalue weighted by atomic mass is 10.1. The molecule has 0 radical (unpaired) electrons. The fourth-order valence-corrected chi connectivity index (χ4v) is 1.79. The average molecular weight is 431 g/mol. The third kappa shape index (κ3) is 8.25. The first-order chi connectivity index (χ1) is 10.6. The zero-order valence-electron chi connectivity index (χ0n) is 14.6. The minimum atomic E-state index is 0. The standard InChI is InChI=1S/C18H29N3O.HI/c1-6-12-22-17-11-9-8-10-16(17)13-20-18(19-7-2)21-15(5)14(3)4;/h6,8-11,14-15H,1,7,12-13H2,2-5H3,(H2,19,20,21);1H. The summed E-state index contributed by atoms with van der Waals surface area (Å²) in [6.45, 7) is 14.2. The smallest absolute Gasteiger partial charge is 0.191 e.